The number of carbonyl (C=O) groups is 2. The molecule has 0 fully saturated rings. The normalized spacial score (nSPS) is 12.4. The smallest absolute Gasteiger partial charge is 0.306 e. The predicted octanol–water partition coefficient (Wildman–Crippen LogP) is 10.4. The van der Waals surface area contributed by atoms with Crippen molar-refractivity contribution in [2.24, 2.45) is 0 Å². The summed E-state index contributed by atoms with van der Waals surface area (Å²) in [6.45, 7) is 14.9. The lowest BCUT2D eigenvalue weighted by atomic mass is 10.1. The number of hydrogen-bond donors (Lipinski definition) is 0. The van der Waals surface area contributed by atoms with Crippen LogP contribution in [0.1, 0.15) is 214 Å². The summed E-state index contributed by atoms with van der Waals surface area (Å²) in [7, 11) is 0. The van der Waals surface area contributed by atoms with Crippen LogP contribution in [0, 0.1) is 0 Å². The van der Waals surface area contributed by atoms with Gasteiger partial charge in [-0.25, -0.2) is 0 Å². The second kappa shape index (κ2) is 40.3. The first-order chi connectivity index (χ1) is 24.5. The number of quaternary nitrogens is 1. The number of unbranched alkanes of at least 4 members (excludes halogenated alkanes) is 22. The molecular weight excluding hydrogens is 745 g/mol. The van der Waals surface area contributed by atoms with Gasteiger partial charge in [0, 0.05) is 12.8 Å². The van der Waals surface area contributed by atoms with Crippen molar-refractivity contribution in [3.05, 3.63) is 24.3 Å². The number of rotatable bonds is 38. The zero-order valence-electron chi connectivity index (χ0n) is 34.7. The first-order valence-corrected chi connectivity index (χ1v) is 22.0. The van der Waals surface area contributed by atoms with Crippen LogP contribution in [0.2, 0.25) is 0 Å². The summed E-state index contributed by atoms with van der Waals surface area (Å²) in [5.41, 5.74) is 0. The maximum absolute atomic E-state index is 12.8. The predicted molar refractivity (Wildman–Crippen MR) is 216 cm³/mol. The first kappa shape index (κ1) is 52.2. The van der Waals surface area contributed by atoms with Gasteiger partial charge in [-0.05, 0) is 85.0 Å². The Morgan fingerprint density at radius 2 is 0.804 bits per heavy atom. The molecule has 0 aromatic carbocycles. The number of carbonyl (C=O) groups excluding carboxylic acids is 2. The van der Waals surface area contributed by atoms with E-state index in [-0.39, 0.29) is 48.6 Å². The van der Waals surface area contributed by atoms with E-state index in [1.165, 1.54) is 135 Å². The number of likely N-dealkylation sites (N-methyl/N-ethyl adjacent to an activating group) is 1. The van der Waals surface area contributed by atoms with Gasteiger partial charge in [0.1, 0.15) is 13.2 Å². The molecule has 0 amide bonds. The van der Waals surface area contributed by atoms with Crippen LogP contribution < -0.4 is 24.0 Å². The third-order valence-corrected chi connectivity index (χ3v) is 10.6. The molecular formula is C45H86INO4. The molecule has 0 N–H and O–H groups in total. The SMILES string of the molecule is CCCCCCCC/C=C/CCCCCCCC(=O)OCC(C[N+](CC)(CC)CC)OC(=O)CCCCCCC/C=C/CCCCCCCC.[I-]. The van der Waals surface area contributed by atoms with Gasteiger partial charge in [-0.3, -0.25) is 9.59 Å². The molecule has 0 saturated heterocycles. The third-order valence-electron chi connectivity index (χ3n) is 10.6. The quantitative estimate of drug-likeness (QED) is 0.0205. The second-order valence-corrected chi connectivity index (χ2v) is 14.9. The van der Waals surface area contributed by atoms with E-state index in [0.29, 0.717) is 19.4 Å². The van der Waals surface area contributed by atoms with Crippen LogP contribution in [0.4, 0.5) is 0 Å². The maximum atomic E-state index is 12.8. The van der Waals surface area contributed by atoms with Crippen molar-refractivity contribution in [2.75, 3.05) is 32.8 Å². The lowest BCUT2D eigenvalue weighted by Gasteiger charge is -2.38. The van der Waals surface area contributed by atoms with E-state index in [1.54, 1.807) is 0 Å². The molecule has 0 rings (SSSR count). The van der Waals surface area contributed by atoms with Gasteiger partial charge in [-0.1, -0.05) is 141 Å². The minimum Gasteiger partial charge on any atom is -1.00 e. The molecule has 0 spiro atoms. The lowest BCUT2D eigenvalue weighted by Crippen LogP contribution is -3.00. The summed E-state index contributed by atoms with van der Waals surface area (Å²) >= 11 is 0. The van der Waals surface area contributed by atoms with Gasteiger partial charge in [-0.2, -0.15) is 0 Å². The van der Waals surface area contributed by atoms with Crippen molar-refractivity contribution in [3.63, 3.8) is 0 Å². The second-order valence-electron chi connectivity index (χ2n) is 14.9. The number of esters is 2. The Morgan fingerprint density at radius 3 is 1.18 bits per heavy atom. The molecule has 0 aromatic rings. The minimum atomic E-state index is -0.386. The molecule has 5 nitrogen and oxygen atoms in total. The average Bonchev–Trinajstić information content (AvgIpc) is 3.12. The zero-order valence-corrected chi connectivity index (χ0v) is 36.8. The molecule has 0 radical (unpaired) electrons. The zero-order chi connectivity index (χ0) is 36.8. The highest BCUT2D eigenvalue weighted by atomic mass is 127. The van der Waals surface area contributed by atoms with Crippen molar-refractivity contribution in [1.29, 1.82) is 0 Å². The van der Waals surface area contributed by atoms with Gasteiger partial charge < -0.3 is 37.9 Å². The minimum absolute atomic E-state index is 0. The fraction of sp³-hybridized carbons (Fsp3) is 0.867. The fourth-order valence-corrected chi connectivity index (χ4v) is 6.80. The number of allylic oxidation sites excluding steroid dienone is 4. The summed E-state index contributed by atoms with van der Waals surface area (Å²) in [6, 6.07) is 0. The van der Waals surface area contributed by atoms with Gasteiger partial charge in [0.2, 0.25) is 0 Å². The Hall–Kier alpha value is -0.890. The van der Waals surface area contributed by atoms with Crippen LogP contribution in [-0.4, -0.2) is 55.3 Å². The van der Waals surface area contributed by atoms with Crippen LogP contribution in [0.3, 0.4) is 0 Å². The summed E-state index contributed by atoms with van der Waals surface area (Å²) in [6.07, 6.45) is 42.2. The van der Waals surface area contributed by atoms with Crippen molar-refractivity contribution >= 4 is 11.9 Å². The highest BCUT2D eigenvalue weighted by molar-refractivity contribution is 5.70. The molecule has 1 atom stereocenters. The molecule has 0 heterocycles. The Bertz CT molecular complexity index is 802. The van der Waals surface area contributed by atoms with E-state index in [9.17, 15) is 9.59 Å². The molecule has 6 heteroatoms. The average molecular weight is 832 g/mol. The van der Waals surface area contributed by atoms with Crippen LogP contribution in [0.15, 0.2) is 24.3 Å². The topological polar surface area (TPSA) is 52.6 Å². The fourth-order valence-electron chi connectivity index (χ4n) is 6.80. The van der Waals surface area contributed by atoms with Crippen LogP contribution in [0.5, 0.6) is 0 Å². The van der Waals surface area contributed by atoms with Crippen LogP contribution in [0.25, 0.3) is 0 Å². The molecule has 302 valence electrons. The molecule has 1 unspecified atom stereocenters. The Morgan fingerprint density at radius 1 is 0.471 bits per heavy atom. The van der Waals surface area contributed by atoms with Crippen LogP contribution >= 0.6 is 0 Å². The van der Waals surface area contributed by atoms with Gasteiger partial charge in [0.25, 0.3) is 0 Å². The van der Waals surface area contributed by atoms with E-state index < -0.39 is 0 Å². The first-order valence-electron chi connectivity index (χ1n) is 22.0. The molecule has 0 saturated carbocycles. The number of ether oxygens (including phenoxy) is 2. The van der Waals surface area contributed by atoms with Gasteiger partial charge >= 0.3 is 11.9 Å². The Kier molecular flexibility index (Phi) is 41.3. The third kappa shape index (κ3) is 34.6. The molecule has 0 bridgehead atoms. The summed E-state index contributed by atoms with van der Waals surface area (Å²) < 4.78 is 12.5. The number of halogens is 1. The van der Waals surface area contributed by atoms with Gasteiger partial charge in [-0.15, -0.1) is 0 Å². The van der Waals surface area contributed by atoms with Gasteiger partial charge in [0.15, 0.2) is 6.10 Å². The van der Waals surface area contributed by atoms with Crippen molar-refractivity contribution in [3.8, 4) is 0 Å². The van der Waals surface area contributed by atoms with E-state index >= 15 is 0 Å². The maximum Gasteiger partial charge on any atom is 0.306 e. The van der Waals surface area contributed by atoms with E-state index in [1.807, 2.05) is 0 Å². The lowest BCUT2D eigenvalue weighted by molar-refractivity contribution is -0.925. The molecule has 0 aliphatic carbocycles. The number of hydrogen-bond acceptors (Lipinski definition) is 4. The summed E-state index contributed by atoms with van der Waals surface area (Å²) in [4.78, 5) is 25.4. The highest BCUT2D eigenvalue weighted by Crippen LogP contribution is 2.15. The number of nitrogens with zero attached hydrogens (tertiary/aromatic N) is 1. The molecule has 51 heavy (non-hydrogen) atoms. The van der Waals surface area contributed by atoms with Crippen molar-refractivity contribution < 1.29 is 47.5 Å². The van der Waals surface area contributed by atoms with E-state index in [4.69, 9.17) is 9.47 Å². The van der Waals surface area contributed by atoms with Gasteiger partial charge in [0.05, 0.1) is 19.6 Å². The van der Waals surface area contributed by atoms with Crippen LogP contribution in [-0.2, 0) is 19.1 Å². The highest BCUT2D eigenvalue weighted by Gasteiger charge is 2.29. The Balaban J connectivity index is 0. The monoisotopic (exact) mass is 832 g/mol. The standard InChI is InChI=1S/C45H86NO4.HI/c1-6-11-13-15-17-19-21-23-25-27-29-31-33-35-37-39-44(47)49-42-43(41-46(8-3,9-4)10-5)50-45(48)40-38-36-34-32-30-28-26-24-22-20-18-16-14-12-7-2;/h23-26,43H,6-22,27-42H2,1-5H3;1H/q+1;/p-1/b25-23+,26-24+;. The summed E-state index contributed by atoms with van der Waals surface area (Å²) in [5.74, 6) is -0.314. The largest absolute Gasteiger partial charge is 1.00 e. The molecule has 0 aliphatic heterocycles. The Labute approximate surface area is 335 Å². The molecule has 0 aliphatic rings. The van der Waals surface area contributed by atoms with E-state index in [2.05, 4.69) is 58.9 Å². The van der Waals surface area contributed by atoms with E-state index in [0.717, 1.165) is 56.2 Å². The molecule has 0 aromatic heterocycles. The van der Waals surface area contributed by atoms with Crippen molar-refractivity contribution in [2.45, 2.75) is 221 Å². The van der Waals surface area contributed by atoms with Crippen molar-refractivity contribution in [1.82, 2.24) is 0 Å². The summed E-state index contributed by atoms with van der Waals surface area (Å²) in [5, 5.41) is 0.